The molecule has 1 atom stereocenters. The van der Waals surface area contributed by atoms with Gasteiger partial charge in [0.2, 0.25) is 11.8 Å². The summed E-state index contributed by atoms with van der Waals surface area (Å²) in [6, 6.07) is 4.78. The Morgan fingerprint density at radius 2 is 2.28 bits per heavy atom. The first kappa shape index (κ1) is 17.4. The van der Waals surface area contributed by atoms with Crippen LogP contribution in [-0.4, -0.2) is 42.0 Å². The number of hydrogen-bond donors (Lipinski definition) is 1. The maximum atomic E-state index is 14.2. The fourth-order valence-corrected chi connectivity index (χ4v) is 2.86. The van der Waals surface area contributed by atoms with Crippen LogP contribution in [-0.2, 0) is 11.3 Å². The second kappa shape index (κ2) is 7.23. The highest BCUT2D eigenvalue weighted by Gasteiger charge is 2.23. The smallest absolute Gasteiger partial charge is 0.229 e. The lowest BCUT2D eigenvalue weighted by molar-refractivity contribution is -0.120. The number of carbonyl (C=O) groups excluding carboxylic acids is 1. The summed E-state index contributed by atoms with van der Waals surface area (Å²) >= 11 is 0. The number of aryl methyl sites for hydroxylation is 1. The second-order valence-corrected chi connectivity index (χ2v) is 6.24. The quantitative estimate of drug-likeness (QED) is 0.920. The molecule has 1 aliphatic heterocycles. The standard InChI is InChI=1S/C18H22FN3O3/c1-11-9-20-17(23)6-7-22(11)10-16-12(2)25-18(21-16)14-5-4-13(24-3)8-15(14)19/h4-5,8,11H,6-7,9-10H2,1-3H3,(H,20,23). The molecule has 1 amide bonds. The van der Waals surface area contributed by atoms with Crippen LogP contribution in [0.4, 0.5) is 4.39 Å². The topological polar surface area (TPSA) is 67.6 Å². The Bertz CT molecular complexity index is 775. The number of benzene rings is 1. The number of methoxy groups -OCH3 is 1. The third-order valence-electron chi connectivity index (χ3n) is 4.50. The molecule has 3 rings (SSSR count). The van der Waals surface area contributed by atoms with Gasteiger partial charge in [0.1, 0.15) is 17.3 Å². The number of aromatic nitrogens is 1. The van der Waals surface area contributed by atoms with E-state index < -0.39 is 5.82 Å². The number of oxazole rings is 1. The summed E-state index contributed by atoms with van der Waals surface area (Å²) in [5.41, 5.74) is 1.06. The lowest BCUT2D eigenvalue weighted by Crippen LogP contribution is -2.37. The van der Waals surface area contributed by atoms with E-state index in [1.165, 1.54) is 13.2 Å². The van der Waals surface area contributed by atoms with E-state index in [-0.39, 0.29) is 17.8 Å². The van der Waals surface area contributed by atoms with Crippen molar-refractivity contribution in [2.24, 2.45) is 0 Å². The Morgan fingerprint density at radius 1 is 1.48 bits per heavy atom. The predicted octanol–water partition coefficient (Wildman–Crippen LogP) is 2.51. The summed E-state index contributed by atoms with van der Waals surface area (Å²) in [7, 11) is 1.49. The summed E-state index contributed by atoms with van der Waals surface area (Å²) < 4.78 is 24.9. The van der Waals surface area contributed by atoms with Crippen molar-refractivity contribution in [1.29, 1.82) is 0 Å². The number of ether oxygens (including phenoxy) is 1. The van der Waals surface area contributed by atoms with E-state index in [0.717, 1.165) is 5.69 Å². The zero-order chi connectivity index (χ0) is 18.0. The van der Waals surface area contributed by atoms with Gasteiger partial charge in [-0.25, -0.2) is 9.37 Å². The van der Waals surface area contributed by atoms with Crippen molar-refractivity contribution in [1.82, 2.24) is 15.2 Å². The lowest BCUT2D eigenvalue weighted by Gasteiger charge is -2.25. The zero-order valence-corrected chi connectivity index (χ0v) is 14.6. The minimum atomic E-state index is -0.440. The Kier molecular flexibility index (Phi) is 5.03. The molecule has 1 N–H and O–H groups in total. The molecule has 25 heavy (non-hydrogen) atoms. The fourth-order valence-electron chi connectivity index (χ4n) is 2.86. The molecule has 1 aliphatic rings. The molecule has 0 spiro atoms. The SMILES string of the molecule is COc1ccc(-c2nc(CN3CCC(=O)NCC3C)c(C)o2)c(F)c1. The number of halogens is 1. The second-order valence-electron chi connectivity index (χ2n) is 6.24. The number of hydrogen-bond acceptors (Lipinski definition) is 5. The van der Waals surface area contributed by atoms with Crippen molar-refractivity contribution in [3.05, 3.63) is 35.5 Å². The molecule has 1 aromatic carbocycles. The Morgan fingerprint density at radius 3 is 3.00 bits per heavy atom. The van der Waals surface area contributed by atoms with Gasteiger partial charge in [0, 0.05) is 38.2 Å². The summed E-state index contributed by atoms with van der Waals surface area (Å²) in [5.74, 6) is 0.975. The molecule has 134 valence electrons. The first-order valence-electron chi connectivity index (χ1n) is 8.29. The minimum Gasteiger partial charge on any atom is -0.497 e. The monoisotopic (exact) mass is 347 g/mol. The number of nitrogens with zero attached hydrogens (tertiary/aromatic N) is 2. The van der Waals surface area contributed by atoms with Gasteiger partial charge >= 0.3 is 0 Å². The van der Waals surface area contributed by atoms with Crippen molar-refractivity contribution >= 4 is 5.91 Å². The molecule has 1 saturated heterocycles. The fraction of sp³-hybridized carbons (Fsp3) is 0.444. The maximum Gasteiger partial charge on any atom is 0.229 e. The first-order valence-corrected chi connectivity index (χ1v) is 8.29. The molecular formula is C18H22FN3O3. The van der Waals surface area contributed by atoms with E-state index >= 15 is 0 Å². The highest BCUT2D eigenvalue weighted by Crippen LogP contribution is 2.28. The van der Waals surface area contributed by atoms with Crippen LogP contribution in [0.5, 0.6) is 5.75 Å². The zero-order valence-electron chi connectivity index (χ0n) is 14.6. The molecule has 0 aliphatic carbocycles. The molecule has 6 nitrogen and oxygen atoms in total. The Hall–Kier alpha value is -2.41. The third kappa shape index (κ3) is 3.82. The molecule has 1 fully saturated rings. The summed E-state index contributed by atoms with van der Waals surface area (Å²) in [5, 5.41) is 2.89. The van der Waals surface area contributed by atoms with Gasteiger partial charge in [-0.3, -0.25) is 9.69 Å². The van der Waals surface area contributed by atoms with Crippen LogP contribution in [0, 0.1) is 12.7 Å². The molecule has 1 aromatic heterocycles. The molecule has 2 aromatic rings. The van der Waals surface area contributed by atoms with Gasteiger partial charge in [-0.15, -0.1) is 0 Å². The maximum absolute atomic E-state index is 14.2. The summed E-state index contributed by atoms with van der Waals surface area (Å²) in [6.45, 7) is 5.70. The summed E-state index contributed by atoms with van der Waals surface area (Å²) in [4.78, 5) is 18.2. The predicted molar refractivity (Wildman–Crippen MR) is 90.7 cm³/mol. The molecule has 0 bridgehead atoms. The number of nitrogens with one attached hydrogen (secondary N) is 1. The van der Waals surface area contributed by atoms with E-state index in [0.29, 0.717) is 43.1 Å². The molecule has 7 heteroatoms. The van der Waals surface area contributed by atoms with Crippen molar-refractivity contribution in [2.45, 2.75) is 32.9 Å². The Labute approximate surface area is 146 Å². The van der Waals surface area contributed by atoms with Crippen molar-refractivity contribution in [3.8, 4) is 17.2 Å². The number of amides is 1. The van der Waals surface area contributed by atoms with Crippen LogP contribution < -0.4 is 10.1 Å². The van der Waals surface area contributed by atoms with Gasteiger partial charge in [-0.1, -0.05) is 0 Å². The van der Waals surface area contributed by atoms with Gasteiger partial charge in [0.25, 0.3) is 0 Å². The Balaban J connectivity index is 1.82. The highest BCUT2D eigenvalue weighted by atomic mass is 19.1. The number of carbonyl (C=O) groups is 1. The van der Waals surface area contributed by atoms with Crippen LogP contribution in [0.15, 0.2) is 22.6 Å². The average molecular weight is 347 g/mol. The largest absolute Gasteiger partial charge is 0.497 e. The van der Waals surface area contributed by atoms with E-state index in [9.17, 15) is 9.18 Å². The summed E-state index contributed by atoms with van der Waals surface area (Å²) in [6.07, 6.45) is 0.460. The van der Waals surface area contributed by atoms with Crippen molar-refractivity contribution in [2.75, 3.05) is 20.2 Å². The van der Waals surface area contributed by atoms with Gasteiger partial charge in [-0.2, -0.15) is 0 Å². The molecule has 0 saturated carbocycles. The van der Waals surface area contributed by atoms with E-state index in [4.69, 9.17) is 9.15 Å². The normalized spacial score (nSPS) is 18.7. The van der Waals surface area contributed by atoms with Crippen LogP contribution in [0.3, 0.4) is 0 Å². The molecular weight excluding hydrogens is 325 g/mol. The third-order valence-corrected chi connectivity index (χ3v) is 4.50. The lowest BCUT2D eigenvalue weighted by atomic mass is 10.2. The molecule has 1 unspecified atom stereocenters. The molecule has 2 heterocycles. The van der Waals surface area contributed by atoms with Gasteiger partial charge in [0.15, 0.2) is 0 Å². The van der Waals surface area contributed by atoms with Crippen LogP contribution in [0.2, 0.25) is 0 Å². The van der Waals surface area contributed by atoms with Gasteiger partial charge < -0.3 is 14.5 Å². The van der Waals surface area contributed by atoms with E-state index in [2.05, 4.69) is 22.1 Å². The van der Waals surface area contributed by atoms with Crippen molar-refractivity contribution in [3.63, 3.8) is 0 Å². The van der Waals surface area contributed by atoms with Gasteiger partial charge in [0.05, 0.1) is 18.4 Å². The average Bonchev–Trinajstić information content (AvgIpc) is 2.87. The first-order chi connectivity index (χ1) is 12.0. The molecule has 0 radical (unpaired) electrons. The van der Waals surface area contributed by atoms with Crippen molar-refractivity contribution < 1.29 is 18.3 Å². The number of rotatable bonds is 4. The van der Waals surface area contributed by atoms with Gasteiger partial charge in [-0.05, 0) is 26.0 Å². The van der Waals surface area contributed by atoms with Crippen LogP contribution in [0.25, 0.3) is 11.5 Å². The van der Waals surface area contributed by atoms with Crippen LogP contribution in [0.1, 0.15) is 24.8 Å². The van der Waals surface area contributed by atoms with E-state index in [1.807, 2.05) is 6.92 Å². The highest BCUT2D eigenvalue weighted by molar-refractivity contribution is 5.76. The van der Waals surface area contributed by atoms with Crippen LogP contribution >= 0.6 is 0 Å². The minimum absolute atomic E-state index is 0.0622. The van der Waals surface area contributed by atoms with E-state index in [1.54, 1.807) is 12.1 Å².